The van der Waals surface area contributed by atoms with Crippen LogP contribution in [0.15, 0.2) is 54.6 Å². The largest absolute Gasteiger partial charge is 0.416 e. The fourth-order valence-corrected chi connectivity index (χ4v) is 3.29. The molecule has 0 spiro atoms. The number of nitrogens with two attached hydrogens (primary N) is 1. The molecule has 3 aromatic rings. The second kappa shape index (κ2) is 5.16. The summed E-state index contributed by atoms with van der Waals surface area (Å²) in [4.78, 5) is 0.941. The lowest BCUT2D eigenvalue weighted by Gasteiger charge is -2.12. The first-order valence-corrected chi connectivity index (χ1v) is 7.18. The van der Waals surface area contributed by atoms with Crippen LogP contribution in [0.1, 0.15) is 22.0 Å². The van der Waals surface area contributed by atoms with E-state index in [1.54, 1.807) is 11.3 Å². The molecule has 1 atom stereocenters. The highest BCUT2D eigenvalue weighted by atomic mass is 32.1. The van der Waals surface area contributed by atoms with Gasteiger partial charge in [-0.3, -0.25) is 0 Å². The number of alkyl halides is 3. The Morgan fingerprint density at radius 1 is 0.952 bits per heavy atom. The summed E-state index contributed by atoms with van der Waals surface area (Å²) in [6.45, 7) is 0. The number of fused-ring (bicyclic) bond motifs is 1. The van der Waals surface area contributed by atoms with Crippen molar-refractivity contribution in [2.24, 2.45) is 5.73 Å². The third kappa shape index (κ3) is 2.80. The fourth-order valence-electron chi connectivity index (χ4n) is 2.20. The molecule has 1 unspecified atom stereocenters. The van der Waals surface area contributed by atoms with Crippen LogP contribution < -0.4 is 5.73 Å². The number of halogens is 3. The number of thiophene rings is 1. The number of benzene rings is 2. The maximum Gasteiger partial charge on any atom is 0.416 e. The first kappa shape index (κ1) is 14.1. The van der Waals surface area contributed by atoms with Gasteiger partial charge in [0.05, 0.1) is 11.6 Å². The molecule has 0 bridgehead atoms. The third-order valence-corrected chi connectivity index (χ3v) is 4.55. The van der Waals surface area contributed by atoms with Gasteiger partial charge < -0.3 is 5.73 Å². The van der Waals surface area contributed by atoms with E-state index in [1.807, 2.05) is 30.3 Å². The number of hydrogen-bond acceptors (Lipinski definition) is 2. The summed E-state index contributed by atoms with van der Waals surface area (Å²) in [5, 5.41) is 1.10. The molecule has 0 aliphatic heterocycles. The van der Waals surface area contributed by atoms with Gasteiger partial charge in [0.2, 0.25) is 0 Å². The van der Waals surface area contributed by atoms with Gasteiger partial charge >= 0.3 is 6.18 Å². The van der Waals surface area contributed by atoms with Gasteiger partial charge in [0.25, 0.3) is 0 Å². The summed E-state index contributed by atoms with van der Waals surface area (Å²) in [6, 6.07) is 14.5. The van der Waals surface area contributed by atoms with Crippen LogP contribution in [0.2, 0.25) is 0 Å². The normalized spacial score (nSPS) is 13.5. The Bertz CT molecular complexity index is 726. The van der Waals surface area contributed by atoms with E-state index in [4.69, 9.17) is 5.73 Å². The minimum Gasteiger partial charge on any atom is -0.320 e. The van der Waals surface area contributed by atoms with Gasteiger partial charge in [-0.25, -0.2) is 0 Å². The molecule has 0 aliphatic carbocycles. The lowest BCUT2D eigenvalue weighted by atomic mass is 10.0. The average molecular weight is 307 g/mol. The highest BCUT2D eigenvalue weighted by Crippen LogP contribution is 2.34. The Morgan fingerprint density at radius 2 is 1.62 bits per heavy atom. The summed E-state index contributed by atoms with van der Waals surface area (Å²) >= 11 is 1.56. The van der Waals surface area contributed by atoms with E-state index in [2.05, 4.69) is 0 Å². The second-order valence-corrected chi connectivity index (χ2v) is 5.90. The van der Waals surface area contributed by atoms with E-state index in [0.29, 0.717) is 5.56 Å². The van der Waals surface area contributed by atoms with E-state index in [0.717, 1.165) is 27.1 Å². The molecule has 1 heterocycles. The Morgan fingerprint density at radius 3 is 2.24 bits per heavy atom. The van der Waals surface area contributed by atoms with Crippen LogP contribution in [0.4, 0.5) is 13.2 Å². The Kier molecular flexibility index (Phi) is 3.47. The van der Waals surface area contributed by atoms with Crippen molar-refractivity contribution in [3.63, 3.8) is 0 Å². The highest BCUT2D eigenvalue weighted by Gasteiger charge is 2.30. The molecule has 2 aromatic carbocycles. The van der Waals surface area contributed by atoms with E-state index in [-0.39, 0.29) is 0 Å². The Balaban J connectivity index is 1.92. The molecule has 2 N–H and O–H groups in total. The van der Waals surface area contributed by atoms with Gasteiger partial charge in [-0.15, -0.1) is 11.3 Å². The zero-order valence-electron chi connectivity index (χ0n) is 10.9. The zero-order chi connectivity index (χ0) is 15.0. The summed E-state index contributed by atoms with van der Waals surface area (Å²) in [6.07, 6.45) is -4.32. The van der Waals surface area contributed by atoms with Gasteiger partial charge in [-0.05, 0) is 35.2 Å². The van der Waals surface area contributed by atoms with Gasteiger partial charge in [0, 0.05) is 9.58 Å². The molecule has 0 aliphatic rings. The first-order chi connectivity index (χ1) is 9.95. The van der Waals surface area contributed by atoms with Crippen molar-refractivity contribution in [1.82, 2.24) is 0 Å². The van der Waals surface area contributed by atoms with Crippen molar-refractivity contribution in [3.8, 4) is 0 Å². The minimum absolute atomic E-state index is 0.412. The van der Waals surface area contributed by atoms with Crippen LogP contribution in [-0.4, -0.2) is 0 Å². The molecule has 108 valence electrons. The molecule has 0 saturated carbocycles. The van der Waals surface area contributed by atoms with Crippen LogP contribution in [0, 0.1) is 0 Å². The molecule has 1 aromatic heterocycles. The van der Waals surface area contributed by atoms with E-state index >= 15 is 0 Å². The van der Waals surface area contributed by atoms with Crippen molar-refractivity contribution in [2.75, 3.05) is 0 Å². The van der Waals surface area contributed by atoms with Crippen molar-refractivity contribution in [1.29, 1.82) is 0 Å². The molecular weight excluding hydrogens is 295 g/mol. The van der Waals surface area contributed by atoms with E-state index < -0.39 is 17.8 Å². The minimum atomic E-state index is -4.32. The van der Waals surface area contributed by atoms with Crippen molar-refractivity contribution < 1.29 is 13.2 Å². The van der Waals surface area contributed by atoms with Gasteiger partial charge in [0.1, 0.15) is 0 Å². The fraction of sp³-hybridized carbons (Fsp3) is 0.125. The molecule has 0 amide bonds. The summed E-state index contributed by atoms with van der Waals surface area (Å²) in [5.41, 5.74) is 6.19. The molecular formula is C16H12F3NS. The SMILES string of the molecule is NC(c1ccc(C(F)(F)F)cc1)c1cc2ccccc2s1. The maximum absolute atomic E-state index is 12.6. The number of hydrogen-bond donors (Lipinski definition) is 1. The van der Waals surface area contributed by atoms with Crippen molar-refractivity contribution in [3.05, 3.63) is 70.6 Å². The predicted molar refractivity (Wildman–Crippen MR) is 79.3 cm³/mol. The van der Waals surface area contributed by atoms with Crippen molar-refractivity contribution >= 4 is 21.4 Å². The lowest BCUT2D eigenvalue weighted by molar-refractivity contribution is -0.137. The molecule has 5 heteroatoms. The van der Waals surface area contributed by atoms with Gasteiger partial charge in [-0.1, -0.05) is 30.3 Å². The maximum atomic E-state index is 12.6. The van der Waals surface area contributed by atoms with Gasteiger partial charge in [0.15, 0.2) is 0 Å². The van der Waals surface area contributed by atoms with Crippen LogP contribution in [0.5, 0.6) is 0 Å². The second-order valence-electron chi connectivity index (χ2n) is 4.78. The summed E-state index contributed by atoms with van der Waals surface area (Å²) in [5.74, 6) is 0. The van der Waals surface area contributed by atoms with E-state index in [9.17, 15) is 13.2 Å². The topological polar surface area (TPSA) is 26.0 Å². The molecule has 3 rings (SSSR count). The summed E-state index contributed by atoms with van der Waals surface area (Å²) in [7, 11) is 0. The zero-order valence-corrected chi connectivity index (χ0v) is 11.7. The molecule has 21 heavy (non-hydrogen) atoms. The van der Waals surface area contributed by atoms with Gasteiger partial charge in [-0.2, -0.15) is 13.2 Å². The van der Waals surface area contributed by atoms with Crippen LogP contribution in [-0.2, 0) is 6.18 Å². The standard InChI is InChI=1S/C16H12F3NS/c17-16(18,19)12-7-5-10(6-8-12)15(20)14-9-11-3-1-2-4-13(11)21-14/h1-9,15H,20H2. The number of rotatable bonds is 2. The summed E-state index contributed by atoms with van der Waals surface area (Å²) < 4.78 is 38.8. The predicted octanol–water partition coefficient (Wildman–Crippen LogP) is 4.97. The first-order valence-electron chi connectivity index (χ1n) is 6.36. The molecule has 1 nitrogen and oxygen atoms in total. The third-order valence-electron chi connectivity index (χ3n) is 3.35. The Hall–Kier alpha value is -1.85. The quantitative estimate of drug-likeness (QED) is 0.711. The molecule has 0 saturated heterocycles. The molecule has 0 fully saturated rings. The molecule has 0 radical (unpaired) electrons. The monoisotopic (exact) mass is 307 g/mol. The van der Waals surface area contributed by atoms with Crippen LogP contribution >= 0.6 is 11.3 Å². The highest BCUT2D eigenvalue weighted by molar-refractivity contribution is 7.19. The van der Waals surface area contributed by atoms with Crippen LogP contribution in [0.25, 0.3) is 10.1 Å². The van der Waals surface area contributed by atoms with E-state index in [1.165, 1.54) is 12.1 Å². The van der Waals surface area contributed by atoms with Crippen LogP contribution in [0.3, 0.4) is 0 Å². The Labute approximate surface area is 123 Å². The van der Waals surface area contributed by atoms with Crippen molar-refractivity contribution in [2.45, 2.75) is 12.2 Å². The lowest BCUT2D eigenvalue weighted by Crippen LogP contribution is -2.11. The smallest absolute Gasteiger partial charge is 0.320 e. The average Bonchev–Trinajstić information content (AvgIpc) is 2.89.